The largest absolute Gasteiger partial charge is 0.506 e. The average Bonchev–Trinajstić information content (AvgIpc) is 2.64. The fourth-order valence-electron chi connectivity index (χ4n) is 2.72. The summed E-state index contributed by atoms with van der Waals surface area (Å²) >= 11 is 12.1. The molecule has 0 aliphatic rings. The first-order valence-electron chi connectivity index (χ1n) is 10.4. The Balaban J connectivity index is 3.30. The predicted octanol–water partition coefficient (Wildman–Crippen LogP) is 6.07. The van der Waals surface area contributed by atoms with Gasteiger partial charge in [-0.1, -0.05) is 50.9 Å². The van der Waals surface area contributed by atoms with Gasteiger partial charge in [0.1, 0.15) is 16.5 Å². The van der Waals surface area contributed by atoms with E-state index in [0.717, 1.165) is 12.8 Å². The summed E-state index contributed by atoms with van der Waals surface area (Å²) in [5, 5.41) is 10.9. The lowest BCUT2D eigenvalue weighted by atomic mass is 9.95. The number of aliphatic hydroxyl groups excluding tert-OH is 1. The fourth-order valence-corrected chi connectivity index (χ4v) is 3.83. The number of hydrogen-bond acceptors (Lipinski definition) is 6. The first-order valence-corrected chi connectivity index (χ1v) is 14.1. The third kappa shape index (κ3) is 7.90. The highest BCUT2D eigenvalue weighted by Gasteiger charge is 2.38. The zero-order chi connectivity index (χ0) is 24.0. The molecule has 0 saturated heterocycles. The summed E-state index contributed by atoms with van der Waals surface area (Å²) in [5.41, 5.74) is 0.0687. The smallest absolute Gasteiger partial charge is 0.343 e. The van der Waals surface area contributed by atoms with E-state index in [2.05, 4.69) is 23.8 Å². The molecule has 0 aliphatic heterocycles. The minimum absolute atomic E-state index is 0.104. The van der Waals surface area contributed by atoms with Crippen molar-refractivity contribution < 1.29 is 19.4 Å². The molecule has 1 aromatic rings. The number of aliphatic imine (C=N–C) groups is 1. The van der Waals surface area contributed by atoms with Gasteiger partial charge in [0.15, 0.2) is 8.32 Å². The Bertz CT molecular complexity index is 833. The van der Waals surface area contributed by atoms with Gasteiger partial charge in [-0.25, -0.2) is 9.78 Å². The van der Waals surface area contributed by atoms with E-state index in [0.29, 0.717) is 0 Å². The second-order valence-corrected chi connectivity index (χ2v) is 14.3. The van der Waals surface area contributed by atoms with Crippen molar-refractivity contribution in [1.29, 1.82) is 0 Å². The molecule has 0 radical (unpaired) electrons. The van der Waals surface area contributed by atoms with Crippen LogP contribution < -0.4 is 0 Å². The van der Waals surface area contributed by atoms with Gasteiger partial charge in [0.05, 0.1) is 17.7 Å². The molecule has 2 N–H and O–H groups in total. The van der Waals surface area contributed by atoms with Gasteiger partial charge in [-0.2, -0.15) is 0 Å². The minimum Gasteiger partial charge on any atom is -0.506 e. The number of carbonyl (C=O) groups is 1. The van der Waals surface area contributed by atoms with E-state index in [1.165, 1.54) is 18.5 Å². The third-order valence-electron chi connectivity index (χ3n) is 5.71. The zero-order valence-corrected chi connectivity index (χ0v) is 21.9. The molecule has 31 heavy (non-hydrogen) atoms. The number of pyridine rings is 1. The molecular formula is C22H34Cl2N2O4Si. The van der Waals surface area contributed by atoms with Crippen LogP contribution in [0.15, 0.2) is 22.8 Å². The highest BCUT2D eigenvalue weighted by atomic mass is 35.5. The first-order chi connectivity index (χ1) is 14.2. The fraction of sp³-hybridized carbons (Fsp3) is 0.591. The van der Waals surface area contributed by atoms with Gasteiger partial charge in [-0.15, -0.1) is 0 Å². The number of ether oxygens (including phenoxy) is 1. The second kappa shape index (κ2) is 11.5. The van der Waals surface area contributed by atoms with Gasteiger partial charge in [0.25, 0.3) is 0 Å². The lowest BCUT2D eigenvalue weighted by Crippen LogP contribution is -2.39. The number of nitrogens with zero attached hydrogens (tertiary/aromatic N) is 2. The molecule has 0 spiro atoms. The number of aliphatic hydroxyl groups is 1. The Kier molecular flexibility index (Phi) is 10.2. The first kappa shape index (κ1) is 27.6. The van der Waals surface area contributed by atoms with Crippen LogP contribution in [0, 0.1) is 5.92 Å². The topological polar surface area (TPSA) is 92.0 Å². The Morgan fingerprint density at radius 1 is 1.35 bits per heavy atom. The molecule has 1 aromatic heterocycles. The summed E-state index contributed by atoms with van der Waals surface area (Å²) in [6, 6.07) is 1.27. The maximum Gasteiger partial charge on any atom is 0.343 e. The second-order valence-electron chi connectivity index (χ2n) is 9.04. The van der Waals surface area contributed by atoms with E-state index in [-0.39, 0.29) is 50.7 Å². The van der Waals surface area contributed by atoms with E-state index in [9.17, 15) is 14.7 Å². The summed E-state index contributed by atoms with van der Waals surface area (Å²) in [7, 11) is -2.34. The maximum absolute atomic E-state index is 12.5. The molecule has 0 aromatic carbocycles. The lowest BCUT2D eigenvalue weighted by molar-refractivity contribution is -0.137. The molecule has 174 valence electrons. The summed E-state index contributed by atoms with van der Waals surface area (Å²) in [4.78, 5) is 31.6. The third-order valence-corrected chi connectivity index (χ3v) is 9.78. The number of aromatic nitrogens is 1. The molecule has 0 amide bonds. The maximum atomic E-state index is 12.5. The van der Waals surface area contributed by atoms with E-state index < -0.39 is 14.3 Å². The Morgan fingerprint density at radius 2 is 1.97 bits per heavy atom. The monoisotopic (exact) mass is 488 g/mol. The van der Waals surface area contributed by atoms with Crippen LogP contribution in [0.25, 0.3) is 5.76 Å². The normalized spacial score (nSPS) is 14.7. The molecule has 0 aliphatic carbocycles. The SMILES string of the molecule is CCOC(=O)C(C=N[C@H](CCC(C)(C)[Si](C)(C)O)C(C)C)=C(O)c1cc(Cl)ncc1Cl. The Morgan fingerprint density at radius 3 is 2.48 bits per heavy atom. The number of halogens is 2. The van der Waals surface area contributed by atoms with Crippen molar-refractivity contribution in [1.82, 2.24) is 4.98 Å². The lowest BCUT2D eigenvalue weighted by Gasteiger charge is -2.36. The molecule has 6 nitrogen and oxygen atoms in total. The minimum atomic E-state index is -2.34. The van der Waals surface area contributed by atoms with Gasteiger partial charge in [-0.05, 0) is 49.9 Å². The molecule has 9 heteroatoms. The summed E-state index contributed by atoms with van der Waals surface area (Å²) < 4.78 is 5.10. The van der Waals surface area contributed by atoms with Crippen LogP contribution in [0.3, 0.4) is 0 Å². The van der Waals surface area contributed by atoms with Crippen LogP contribution in [-0.2, 0) is 9.53 Å². The molecule has 0 bridgehead atoms. The quantitative estimate of drug-likeness (QED) is 0.104. The van der Waals surface area contributed by atoms with Crippen molar-refractivity contribution in [3.05, 3.63) is 33.6 Å². The molecule has 0 unspecified atom stereocenters. The van der Waals surface area contributed by atoms with E-state index in [1.807, 2.05) is 26.9 Å². The molecule has 1 rings (SSSR count). The van der Waals surface area contributed by atoms with E-state index >= 15 is 0 Å². The van der Waals surface area contributed by atoms with Crippen molar-refractivity contribution in [2.24, 2.45) is 10.9 Å². The Labute approximate surface area is 196 Å². The zero-order valence-electron chi connectivity index (χ0n) is 19.4. The van der Waals surface area contributed by atoms with Gasteiger partial charge < -0.3 is 14.6 Å². The van der Waals surface area contributed by atoms with Crippen molar-refractivity contribution in [3.8, 4) is 0 Å². The van der Waals surface area contributed by atoms with Gasteiger partial charge in [0, 0.05) is 18.0 Å². The number of rotatable bonds is 10. The molecular weight excluding hydrogens is 455 g/mol. The van der Waals surface area contributed by atoms with Gasteiger partial charge >= 0.3 is 5.97 Å². The van der Waals surface area contributed by atoms with Crippen molar-refractivity contribution in [2.45, 2.75) is 71.6 Å². The van der Waals surface area contributed by atoms with Crippen molar-refractivity contribution >= 4 is 49.5 Å². The van der Waals surface area contributed by atoms with Crippen LogP contribution in [0.5, 0.6) is 0 Å². The van der Waals surface area contributed by atoms with E-state index in [1.54, 1.807) is 6.92 Å². The van der Waals surface area contributed by atoms with Crippen LogP contribution in [0.2, 0.25) is 28.3 Å². The standard InChI is InChI=1S/C22H34Cl2N2O4Si/c1-8-30-21(28)16(20(27)15-11-19(24)26-13-17(15)23)12-25-18(14(2)3)9-10-22(4,5)31(6,7)29/h11-14,18,27,29H,8-10H2,1-7H3/t18-/m1/s1. The van der Waals surface area contributed by atoms with Crippen LogP contribution in [0.4, 0.5) is 0 Å². The summed E-state index contributed by atoms with van der Waals surface area (Å²) in [5.74, 6) is -0.886. The Hall–Kier alpha value is -1.41. The molecule has 1 heterocycles. The number of hydrogen-bond donors (Lipinski definition) is 2. The highest BCUT2D eigenvalue weighted by molar-refractivity contribution is 6.72. The van der Waals surface area contributed by atoms with Crippen molar-refractivity contribution in [2.75, 3.05) is 6.61 Å². The number of esters is 1. The number of carbonyl (C=O) groups excluding carboxylic acids is 1. The summed E-state index contributed by atoms with van der Waals surface area (Å²) in [6.07, 6.45) is 4.17. The predicted molar refractivity (Wildman–Crippen MR) is 131 cm³/mol. The van der Waals surface area contributed by atoms with Gasteiger partial charge in [0.2, 0.25) is 0 Å². The molecule has 1 atom stereocenters. The van der Waals surface area contributed by atoms with Crippen LogP contribution in [-0.4, -0.2) is 48.0 Å². The molecule has 0 saturated carbocycles. The van der Waals surface area contributed by atoms with Crippen LogP contribution in [0.1, 0.15) is 53.0 Å². The highest BCUT2D eigenvalue weighted by Crippen LogP contribution is 2.41. The van der Waals surface area contributed by atoms with Crippen molar-refractivity contribution in [3.63, 3.8) is 0 Å². The summed E-state index contributed by atoms with van der Waals surface area (Å²) in [6.45, 7) is 13.9. The van der Waals surface area contributed by atoms with Gasteiger partial charge in [-0.3, -0.25) is 4.99 Å². The van der Waals surface area contributed by atoms with Crippen LogP contribution >= 0.6 is 23.2 Å². The molecule has 0 fully saturated rings. The van der Waals surface area contributed by atoms with E-state index in [4.69, 9.17) is 27.9 Å². The average molecular weight is 490 g/mol.